The Balaban J connectivity index is 2.19. The molecule has 2 aromatic rings. The van der Waals surface area contributed by atoms with E-state index in [0.29, 0.717) is 12.2 Å². The highest BCUT2D eigenvalue weighted by molar-refractivity contribution is 5.59. The molecule has 110 valence electrons. The topological polar surface area (TPSA) is 53.6 Å². The lowest BCUT2D eigenvalue weighted by Crippen LogP contribution is -2.09. The van der Waals surface area contributed by atoms with E-state index in [1.54, 1.807) is 18.6 Å². The number of nitriles is 1. The number of anilines is 1. The second-order valence-electron chi connectivity index (χ2n) is 4.39. The molecule has 7 heteroatoms. The summed E-state index contributed by atoms with van der Waals surface area (Å²) in [5.74, 6) is 0. The van der Waals surface area contributed by atoms with Crippen LogP contribution in [-0.2, 0) is 19.3 Å². The van der Waals surface area contributed by atoms with E-state index in [0.717, 1.165) is 24.4 Å². The van der Waals surface area contributed by atoms with Gasteiger partial charge in [-0.05, 0) is 25.1 Å². The smallest absolute Gasteiger partial charge is 0.378 e. The summed E-state index contributed by atoms with van der Waals surface area (Å²) in [6.07, 6.45) is -1.10. The molecule has 4 nitrogen and oxygen atoms in total. The molecule has 0 aliphatic heterocycles. The first-order valence-electron chi connectivity index (χ1n) is 6.30. The third-order valence-electron chi connectivity index (χ3n) is 3.07. The summed E-state index contributed by atoms with van der Waals surface area (Å²) >= 11 is 0. The lowest BCUT2D eigenvalue weighted by atomic mass is 10.1. The van der Waals surface area contributed by atoms with E-state index in [1.807, 2.05) is 11.5 Å². The summed E-state index contributed by atoms with van der Waals surface area (Å²) in [7, 11) is 0. The highest BCUT2D eigenvalue weighted by Gasteiger charge is 2.31. The van der Waals surface area contributed by atoms with E-state index < -0.39 is 11.7 Å². The number of aromatic nitrogens is 2. The predicted molar refractivity (Wildman–Crippen MR) is 71.4 cm³/mol. The number of rotatable bonds is 4. The van der Waals surface area contributed by atoms with Gasteiger partial charge in [0, 0.05) is 12.7 Å². The quantitative estimate of drug-likeness (QED) is 0.940. The standard InChI is InChI=1S/C14H13F3N4/c1-2-21-9-19-7-12(21)8-20-13-4-3-11(14(15,16)17)5-10(13)6-18/h3-5,7,9,20H,2,8H2,1H3. The minimum atomic E-state index is -4.45. The minimum absolute atomic E-state index is 0.0348. The number of nitrogens with one attached hydrogen (secondary N) is 1. The van der Waals surface area contributed by atoms with E-state index >= 15 is 0 Å². The van der Waals surface area contributed by atoms with Gasteiger partial charge in [0.1, 0.15) is 6.07 Å². The number of aryl methyl sites for hydroxylation is 1. The van der Waals surface area contributed by atoms with Crippen LogP contribution in [-0.4, -0.2) is 9.55 Å². The second kappa shape index (κ2) is 5.87. The van der Waals surface area contributed by atoms with Crippen LogP contribution in [0.5, 0.6) is 0 Å². The molecule has 1 heterocycles. The first-order valence-corrected chi connectivity index (χ1v) is 6.30. The zero-order valence-corrected chi connectivity index (χ0v) is 11.3. The number of imidazole rings is 1. The van der Waals surface area contributed by atoms with Crippen LogP contribution in [0.1, 0.15) is 23.7 Å². The number of hydrogen-bond donors (Lipinski definition) is 1. The number of benzene rings is 1. The van der Waals surface area contributed by atoms with Crippen LogP contribution in [0.3, 0.4) is 0 Å². The van der Waals surface area contributed by atoms with Gasteiger partial charge in [-0.25, -0.2) is 4.98 Å². The van der Waals surface area contributed by atoms with Crippen LogP contribution in [0, 0.1) is 11.3 Å². The molecule has 0 radical (unpaired) electrons. The van der Waals surface area contributed by atoms with Crippen LogP contribution in [0.2, 0.25) is 0 Å². The first kappa shape index (κ1) is 14.9. The van der Waals surface area contributed by atoms with Crippen LogP contribution in [0.4, 0.5) is 18.9 Å². The molecule has 21 heavy (non-hydrogen) atoms. The van der Waals surface area contributed by atoms with E-state index in [4.69, 9.17) is 5.26 Å². The molecule has 0 saturated carbocycles. The lowest BCUT2D eigenvalue weighted by molar-refractivity contribution is -0.137. The fraction of sp³-hybridized carbons (Fsp3) is 0.286. The average Bonchev–Trinajstić information content (AvgIpc) is 2.91. The van der Waals surface area contributed by atoms with Crippen LogP contribution in [0.15, 0.2) is 30.7 Å². The molecule has 0 amide bonds. The van der Waals surface area contributed by atoms with Gasteiger partial charge in [0.15, 0.2) is 0 Å². The summed E-state index contributed by atoms with van der Waals surface area (Å²) in [5, 5.41) is 12.0. The molecule has 0 spiro atoms. The molecule has 0 bridgehead atoms. The van der Waals surface area contributed by atoms with E-state index in [-0.39, 0.29) is 5.56 Å². The maximum absolute atomic E-state index is 12.6. The van der Waals surface area contributed by atoms with Crippen LogP contribution >= 0.6 is 0 Å². The molecule has 0 aliphatic carbocycles. The largest absolute Gasteiger partial charge is 0.416 e. The Bertz CT molecular complexity index is 668. The van der Waals surface area contributed by atoms with Gasteiger partial charge >= 0.3 is 6.18 Å². The van der Waals surface area contributed by atoms with Crippen molar-refractivity contribution in [3.8, 4) is 6.07 Å². The van der Waals surface area contributed by atoms with Gasteiger partial charge in [0.2, 0.25) is 0 Å². The summed E-state index contributed by atoms with van der Waals surface area (Å²) in [6.45, 7) is 3.09. The van der Waals surface area contributed by atoms with Gasteiger partial charge in [0.05, 0.1) is 35.4 Å². The van der Waals surface area contributed by atoms with Crippen molar-refractivity contribution in [2.75, 3.05) is 5.32 Å². The van der Waals surface area contributed by atoms with E-state index in [2.05, 4.69) is 10.3 Å². The molecule has 0 saturated heterocycles. The van der Waals surface area contributed by atoms with Crippen molar-refractivity contribution >= 4 is 5.69 Å². The zero-order valence-electron chi connectivity index (χ0n) is 11.3. The fourth-order valence-electron chi connectivity index (χ4n) is 1.93. The van der Waals surface area contributed by atoms with Crippen LogP contribution < -0.4 is 5.32 Å². The highest BCUT2D eigenvalue weighted by Crippen LogP contribution is 2.31. The SMILES string of the molecule is CCn1cncc1CNc1ccc(C(F)(F)F)cc1C#N. The third-order valence-corrected chi connectivity index (χ3v) is 3.07. The Labute approximate surface area is 119 Å². The Hall–Kier alpha value is -2.49. The van der Waals surface area contributed by atoms with Gasteiger partial charge in [0.25, 0.3) is 0 Å². The number of alkyl halides is 3. The predicted octanol–water partition coefficient (Wildman–Crippen LogP) is 3.41. The van der Waals surface area contributed by atoms with Crippen molar-refractivity contribution in [1.29, 1.82) is 5.26 Å². The van der Waals surface area contributed by atoms with Gasteiger partial charge < -0.3 is 9.88 Å². The van der Waals surface area contributed by atoms with Crippen LogP contribution in [0.25, 0.3) is 0 Å². The summed E-state index contributed by atoms with van der Waals surface area (Å²) in [6, 6.07) is 4.86. The summed E-state index contributed by atoms with van der Waals surface area (Å²) < 4.78 is 39.7. The van der Waals surface area contributed by atoms with Gasteiger partial charge in [-0.3, -0.25) is 0 Å². The normalized spacial score (nSPS) is 11.2. The monoisotopic (exact) mass is 294 g/mol. The minimum Gasteiger partial charge on any atom is -0.378 e. The van der Waals surface area contributed by atoms with E-state index in [9.17, 15) is 13.2 Å². The Kier molecular flexibility index (Phi) is 4.17. The van der Waals surface area contributed by atoms with Crippen molar-refractivity contribution in [3.05, 3.63) is 47.5 Å². The van der Waals surface area contributed by atoms with Gasteiger partial charge in [-0.15, -0.1) is 0 Å². The van der Waals surface area contributed by atoms with Crippen molar-refractivity contribution < 1.29 is 13.2 Å². The Morgan fingerprint density at radius 1 is 1.38 bits per heavy atom. The van der Waals surface area contributed by atoms with Crippen molar-refractivity contribution in [2.45, 2.75) is 26.2 Å². The zero-order chi connectivity index (χ0) is 15.5. The highest BCUT2D eigenvalue weighted by atomic mass is 19.4. The van der Waals surface area contributed by atoms with Crippen molar-refractivity contribution in [1.82, 2.24) is 9.55 Å². The molecular weight excluding hydrogens is 281 g/mol. The summed E-state index contributed by atoms with van der Waals surface area (Å²) in [5.41, 5.74) is 0.395. The molecule has 0 aliphatic rings. The van der Waals surface area contributed by atoms with Crippen molar-refractivity contribution in [2.24, 2.45) is 0 Å². The number of halogens is 3. The Morgan fingerprint density at radius 2 is 2.14 bits per heavy atom. The third kappa shape index (κ3) is 3.34. The number of nitrogens with zero attached hydrogens (tertiary/aromatic N) is 3. The molecule has 1 N–H and O–H groups in total. The molecular formula is C14H13F3N4. The molecule has 2 rings (SSSR count). The summed E-state index contributed by atoms with van der Waals surface area (Å²) in [4.78, 5) is 4.00. The molecule has 1 aromatic heterocycles. The second-order valence-corrected chi connectivity index (χ2v) is 4.39. The average molecular weight is 294 g/mol. The van der Waals surface area contributed by atoms with Gasteiger partial charge in [-0.1, -0.05) is 0 Å². The molecule has 0 fully saturated rings. The van der Waals surface area contributed by atoms with Gasteiger partial charge in [-0.2, -0.15) is 18.4 Å². The van der Waals surface area contributed by atoms with E-state index in [1.165, 1.54) is 6.07 Å². The fourth-order valence-corrected chi connectivity index (χ4v) is 1.93. The number of hydrogen-bond acceptors (Lipinski definition) is 3. The maximum Gasteiger partial charge on any atom is 0.416 e. The molecule has 0 atom stereocenters. The lowest BCUT2D eigenvalue weighted by Gasteiger charge is -2.12. The maximum atomic E-state index is 12.6. The van der Waals surface area contributed by atoms with Crippen molar-refractivity contribution in [3.63, 3.8) is 0 Å². The molecule has 0 unspecified atom stereocenters. The molecule has 1 aromatic carbocycles. The first-order chi connectivity index (χ1) is 9.95. The Morgan fingerprint density at radius 3 is 2.76 bits per heavy atom.